The summed E-state index contributed by atoms with van der Waals surface area (Å²) >= 11 is 6.03. The Hall–Kier alpha value is -3.00. The van der Waals surface area contributed by atoms with Crippen molar-refractivity contribution in [1.29, 1.82) is 0 Å². The fourth-order valence-electron chi connectivity index (χ4n) is 2.53. The minimum atomic E-state index is -4.49. The fraction of sp³-hybridized carbons (Fsp3) is 0.158. The zero-order chi connectivity index (χ0) is 20.5. The van der Waals surface area contributed by atoms with E-state index in [9.17, 15) is 13.2 Å². The summed E-state index contributed by atoms with van der Waals surface area (Å²) in [4.78, 5) is 8.15. The van der Waals surface area contributed by atoms with Crippen LogP contribution in [-0.4, -0.2) is 9.97 Å². The molecule has 0 aliphatic rings. The van der Waals surface area contributed by atoms with Gasteiger partial charge in [0.15, 0.2) is 11.6 Å². The molecule has 0 unspecified atom stereocenters. The molecule has 146 valence electrons. The van der Waals surface area contributed by atoms with Crippen LogP contribution >= 0.6 is 11.6 Å². The summed E-state index contributed by atoms with van der Waals surface area (Å²) in [6.45, 7) is 3.93. The second kappa shape index (κ2) is 7.55. The summed E-state index contributed by atoms with van der Waals surface area (Å²) < 4.78 is 38.9. The number of nitrogens with two attached hydrogens (primary N) is 1. The molecule has 1 aromatic heterocycles. The van der Waals surface area contributed by atoms with E-state index in [4.69, 9.17) is 17.3 Å². The fourth-order valence-corrected chi connectivity index (χ4v) is 2.70. The predicted octanol–water partition coefficient (Wildman–Crippen LogP) is 5.84. The highest BCUT2D eigenvalue weighted by molar-refractivity contribution is 6.33. The molecule has 0 saturated carbocycles. The van der Waals surface area contributed by atoms with Crippen LogP contribution in [0.15, 0.2) is 42.7 Å². The van der Waals surface area contributed by atoms with E-state index < -0.39 is 11.7 Å². The molecule has 0 spiro atoms. The second-order valence-electron chi connectivity index (χ2n) is 6.17. The predicted molar refractivity (Wildman–Crippen MR) is 105 cm³/mol. The molecular weight excluding hydrogens is 391 g/mol. The Morgan fingerprint density at radius 2 is 1.61 bits per heavy atom. The van der Waals surface area contributed by atoms with Gasteiger partial charge in [0.25, 0.3) is 0 Å². The molecule has 3 rings (SSSR count). The Kier molecular flexibility index (Phi) is 5.33. The Labute approximate surface area is 164 Å². The molecular formula is C19H17ClF3N5. The van der Waals surface area contributed by atoms with E-state index in [-0.39, 0.29) is 22.2 Å². The van der Waals surface area contributed by atoms with Crippen LogP contribution in [0, 0.1) is 13.8 Å². The quantitative estimate of drug-likeness (QED) is 0.507. The van der Waals surface area contributed by atoms with Crippen LogP contribution < -0.4 is 16.4 Å². The lowest BCUT2D eigenvalue weighted by Crippen LogP contribution is -2.08. The zero-order valence-electron chi connectivity index (χ0n) is 15.0. The molecule has 0 atom stereocenters. The minimum absolute atomic E-state index is 0.0413. The highest BCUT2D eigenvalue weighted by Gasteiger charge is 2.31. The third-order valence-corrected chi connectivity index (χ3v) is 4.62. The number of hydrogen-bond donors (Lipinski definition) is 3. The molecule has 5 nitrogen and oxygen atoms in total. The van der Waals surface area contributed by atoms with Crippen LogP contribution in [0.5, 0.6) is 0 Å². The van der Waals surface area contributed by atoms with Gasteiger partial charge in [-0.05, 0) is 49.2 Å². The van der Waals surface area contributed by atoms with E-state index in [0.717, 1.165) is 28.9 Å². The molecule has 4 N–H and O–H groups in total. The van der Waals surface area contributed by atoms with Crippen molar-refractivity contribution in [2.45, 2.75) is 20.0 Å². The lowest BCUT2D eigenvalue weighted by Gasteiger charge is -2.16. The lowest BCUT2D eigenvalue weighted by molar-refractivity contribution is -0.137. The molecule has 0 radical (unpaired) electrons. The van der Waals surface area contributed by atoms with Crippen molar-refractivity contribution in [2.75, 3.05) is 16.4 Å². The second-order valence-corrected chi connectivity index (χ2v) is 6.58. The Bertz CT molecular complexity index is 1020. The van der Waals surface area contributed by atoms with Gasteiger partial charge in [-0.25, -0.2) is 9.97 Å². The first-order valence-corrected chi connectivity index (χ1v) is 8.62. The Balaban J connectivity index is 1.93. The van der Waals surface area contributed by atoms with Crippen molar-refractivity contribution in [1.82, 2.24) is 9.97 Å². The third kappa shape index (κ3) is 4.12. The number of hydrogen-bond acceptors (Lipinski definition) is 5. The van der Waals surface area contributed by atoms with Gasteiger partial charge in [-0.2, -0.15) is 13.2 Å². The standard InChI is InChI=1S/C19H17ClF3N5/c1-10-4-3-5-14(11(10)2)27-17-16(24)18(26-9-25-17)28-15-8-12(19(21,22)23)6-7-13(15)20/h3-9H,24H2,1-2H3,(H2,25,26,27,28). The van der Waals surface area contributed by atoms with E-state index in [1.165, 1.54) is 12.4 Å². The molecule has 1 heterocycles. The first-order chi connectivity index (χ1) is 13.2. The van der Waals surface area contributed by atoms with Crippen molar-refractivity contribution in [3.63, 3.8) is 0 Å². The number of anilines is 5. The number of nitrogens with zero attached hydrogens (tertiary/aromatic N) is 2. The highest BCUT2D eigenvalue weighted by Crippen LogP contribution is 2.36. The zero-order valence-corrected chi connectivity index (χ0v) is 15.8. The Morgan fingerprint density at radius 3 is 2.25 bits per heavy atom. The molecule has 3 aromatic rings. The first-order valence-electron chi connectivity index (χ1n) is 8.24. The van der Waals surface area contributed by atoms with Gasteiger partial charge >= 0.3 is 6.18 Å². The van der Waals surface area contributed by atoms with Crippen molar-refractivity contribution < 1.29 is 13.2 Å². The van der Waals surface area contributed by atoms with Gasteiger partial charge in [-0.1, -0.05) is 23.7 Å². The van der Waals surface area contributed by atoms with Crippen LogP contribution in [-0.2, 0) is 6.18 Å². The molecule has 0 fully saturated rings. The highest BCUT2D eigenvalue weighted by atomic mass is 35.5. The van der Waals surface area contributed by atoms with E-state index in [1.54, 1.807) is 0 Å². The maximum Gasteiger partial charge on any atom is 0.416 e. The molecule has 0 amide bonds. The number of rotatable bonds is 4. The van der Waals surface area contributed by atoms with Gasteiger partial charge in [0.1, 0.15) is 12.0 Å². The van der Waals surface area contributed by atoms with Crippen molar-refractivity contribution in [3.8, 4) is 0 Å². The summed E-state index contributed by atoms with van der Waals surface area (Å²) in [6, 6.07) is 8.72. The first kappa shape index (κ1) is 19.8. The summed E-state index contributed by atoms with van der Waals surface area (Å²) in [5.74, 6) is 0.471. The van der Waals surface area contributed by atoms with Crippen molar-refractivity contribution >= 4 is 40.3 Å². The number of aryl methyl sites for hydroxylation is 1. The SMILES string of the molecule is Cc1cccc(Nc2ncnc(Nc3cc(C(F)(F)F)ccc3Cl)c2N)c1C. The van der Waals surface area contributed by atoms with Crippen LogP contribution in [0.3, 0.4) is 0 Å². The van der Waals surface area contributed by atoms with Crippen LogP contribution in [0.1, 0.15) is 16.7 Å². The van der Waals surface area contributed by atoms with Gasteiger partial charge < -0.3 is 16.4 Å². The van der Waals surface area contributed by atoms with Gasteiger partial charge in [-0.15, -0.1) is 0 Å². The van der Waals surface area contributed by atoms with E-state index in [2.05, 4.69) is 20.6 Å². The van der Waals surface area contributed by atoms with Gasteiger partial charge in [-0.3, -0.25) is 0 Å². The number of benzene rings is 2. The summed E-state index contributed by atoms with van der Waals surface area (Å²) in [5.41, 5.74) is 8.41. The number of nitrogens with one attached hydrogen (secondary N) is 2. The van der Waals surface area contributed by atoms with Crippen molar-refractivity contribution in [3.05, 3.63) is 64.4 Å². The van der Waals surface area contributed by atoms with E-state index in [1.807, 2.05) is 32.0 Å². The monoisotopic (exact) mass is 407 g/mol. The topological polar surface area (TPSA) is 75.9 Å². The maximum absolute atomic E-state index is 13.0. The van der Waals surface area contributed by atoms with Gasteiger partial charge in [0.05, 0.1) is 16.3 Å². The van der Waals surface area contributed by atoms with Gasteiger partial charge in [0, 0.05) is 5.69 Å². The Morgan fingerprint density at radius 1 is 0.964 bits per heavy atom. The lowest BCUT2D eigenvalue weighted by atomic mass is 10.1. The van der Waals surface area contributed by atoms with E-state index in [0.29, 0.717) is 5.82 Å². The number of halogens is 4. The third-order valence-electron chi connectivity index (χ3n) is 4.29. The summed E-state index contributed by atoms with van der Waals surface area (Å²) in [5, 5.41) is 5.99. The molecule has 0 saturated heterocycles. The van der Waals surface area contributed by atoms with Gasteiger partial charge in [0.2, 0.25) is 0 Å². The average molecular weight is 408 g/mol. The van der Waals surface area contributed by atoms with Crippen molar-refractivity contribution in [2.24, 2.45) is 0 Å². The molecule has 28 heavy (non-hydrogen) atoms. The minimum Gasteiger partial charge on any atom is -0.393 e. The molecule has 0 aliphatic heterocycles. The molecule has 0 aliphatic carbocycles. The molecule has 9 heteroatoms. The van der Waals surface area contributed by atoms with Crippen LogP contribution in [0.25, 0.3) is 0 Å². The number of aromatic nitrogens is 2. The number of alkyl halides is 3. The van der Waals surface area contributed by atoms with Crippen LogP contribution in [0.4, 0.5) is 41.9 Å². The largest absolute Gasteiger partial charge is 0.416 e. The maximum atomic E-state index is 13.0. The summed E-state index contributed by atoms with van der Waals surface area (Å²) in [6.07, 6.45) is -3.23. The summed E-state index contributed by atoms with van der Waals surface area (Å²) in [7, 11) is 0. The van der Waals surface area contributed by atoms with E-state index >= 15 is 0 Å². The smallest absolute Gasteiger partial charge is 0.393 e. The number of nitrogen functional groups attached to an aromatic ring is 1. The molecule has 0 bridgehead atoms. The van der Waals surface area contributed by atoms with Crippen LogP contribution in [0.2, 0.25) is 5.02 Å². The normalized spacial score (nSPS) is 11.4. The average Bonchev–Trinajstić information content (AvgIpc) is 2.63. The molecule has 2 aromatic carbocycles.